The van der Waals surface area contributed by atoms with Crippen LogP contribution in [-0.2, 0) is 10.8 Å². The Morgan fingerprint density at radius 3 is 1.38 bits per heavy atom. The van der Waals surface area contributed by atoms with Gasteiger partial charge in [-0.1, -0.05) is 153 Å². The van der Waals surface area contributed by atoms with Gasteiger partial charge in [-0.25, -0.2) is 0 Å². The first kappa shape index (κ1) is 27.0. The van der Waals surface area contributed by atoms with Crippen molar-refractivity contribution in [3.8, 4) is 0 Å². The Morgan fingerprint density at radius 2 is 0.896 bits per heavy atom. The molecule has 4 heterocycles. The number of nitrogens with zero attached hydrogens (tertiary/aromatic N) is 1. The highest BCUT2D eigenvalue weighted by atomic mass is 15.2. The molecule has 226 valence electrons. The fraction of sp³-hybridized carbons (Fsp3) is 0.156. The van der Waals surface area contributed by atoms with Crippen LogP contribution < -0.4 is 37.7 Å². The Kier molecular flexibility index (Phi) is 4.90. The van der Waals surface area contributed by atoms with Crippen molar-refractivity contribution in [2.24, 2.45) is 0 Å². The normalized spacial score (nSPS) is 16.6. The van der Waals surface area contributed by atoms with Gasteiger partial charge in [-0.2, -0.15) is 0 Å². The fourth-order valence-electron chi connectivity index (χ4n) is 10.8. The summed E-state index contributed by atoms with van der Waals surface area (Å²) in [7, 11) is 0. The standard InChI is InChI=1S/C45H35B2N/c1-26-22-35-43-36(23-26)47-34-21-13-11-19-32(34)45(4,5)40-30-17-9-7-15-28(30)25-38(42(40)47)48(43)37-24-27-14-6-8-16-29(27)39-41(37)46(35)33-20-12-10-18-31(33)44(39,2)3/h6-25H,1-5H3. The van der Waals surface area contributed by atoms with E-state index in [0.717, 1.165) is 0 Å². The fourth-order valence-corrected chi connectivity index (χ4v) is 10.8. The quantitative estimate of drug-likeness (QED) is 0.173. The summed E-state index contributed by atoms with van der Waals surface area (Å²) in [5, 5.41) is 5.39. The minimum absolute atomic E-state index is 0.149. The number of aryl methyl sites for hydroxylation is 1. The average molecular weight is 611 g/mol. The van der Waals surface area contributed by atoms with Crippen molar-refractivity contribution in [2.45, 2.75) is 45.4 Å². The summed E-state index contributed by atoms with van der Waals surface area (Å²) in [5.41, 5.74) is 19.7. The topological polar surface area (TPSA) is 3.24 Å². The lowest BCUT2D eigenvalue weighted by atomic mass is 9.26. The second-order valence-corrected chi connectivity index (χ2v) is 15.7. The SMILES string of the molecule is Cc1cc2c3c(c1)B1c4ccccc4C(C)(C)c4c1c(cc1ccccc41)N3c1cc3ccccc3c3c1B2c1ccccc1C3(C)C. The Bertz CT molecular complexity index is 2430. The average Bonchev–Trinajstić information content (AvgIpc) is 3.09. The van der Waals surface area contributed by atoms with Gasteiger partial charge in [-0.15, -0.1) is 0 Å². The summed E-state index contributed by atoms with van der Waals surface area (Å²) in [4.78, 5) is 2.71. The molecule has 0 N–H and O–H groups in total. The molecule has 0 amide bonds. The summed E-state index contributed by atoms with van der Waals surface area (Å²) in [6.45, 7) is 12.5. The highest BCUT2D eigenvalue weighted by molar-refractivity contribution is 7.03. The molecule has 0 spiro atoms. The summed E-state index contributed by atoms with van der Waals surface area (Å²) >= 11 is 0. The van der Waals surface area contributed by atoms with Crippen molar-refractivity contribution in [2.75, 3.05) is 4.90 Å². The maximum atomic E-state index is 2.71. The zero-order valence-corrected chi connectivity index (χ0v) is 28.1. The molecular formula is C45H35B2N. The second kappa shape index (κ2) is 8.71. The van der Waals surface area contributed by atoms with E-state index in [9.17, 15) is 0 Å². The van der Waals surface area contributed by atoms with Crippen LogP contribution in [0.1, 0.15) is 55.5 Å². The van der Waals surface area contributed by atoms with Gasteiger partial charge in [0, 0.05) is 27.9 Å². The number of hydrogen-bond donors (Lipinski definition) is 0. The lowest BCUT2D eigenvalue weighted by Crippen LogP contribution is -2.70. The first-order valence-electron chi connectivity index (χ1n) is 17.5. The highest BCUT2D eigenvalue weighted by Gasteiger charge is 2.52. The lowest BCUT2D eigenvalue weighted by Gasteiger charge is -2.51. The van der Waals surface area contributed by atoms with Gasteiger partial charge >= 0.3 is 0 Å². The van der Waals surface area contributed by atoms with E-state index in [1.165, 1.54) is 99.2 Å². The Balaban J connectivity index is 1.38. The molecule has 11 rings (SSSR count). The molecule has 1 nitrogen and oxygen atoms in total. The monoisotopic (exact) mass is 611 g/mol. The molecule has 0 saturated heterocycles. The van der Waals surface area contributed by atoms with Gasteiger partial charge in [-0.05, 0) is 84.7 Å². The smallest absolute Gasteiger partial charge is 0.247 e. The van der Waals surface area contributed by atoms with Gasteiger partial charge in [0.1, 0.15) is 0 Å². The van der Waals surface area contributed by atoms with Crippen LogP contribution >= 0.6 is 0 Å². The van der Waals surface area contributed by atoms with E-state index in [-0.39, 0.29) is 24.3 Å². The number of fused-ring (bicyclic) bond motifs is 12. The summed E-state index contributed by atoms with van der Waals surface area (Å²) < 4.78 is 0. The third-order valence-electron chi connectivity index (χ3n) is 12.5. The Morgan fingerprint density at radius 1 is 0.479 bits per heavy atom. The largest absolute Gasteiger partial charge is 0.312 e. The number of benzene rings is 7. The third kappa shape index (κ3) is 3.03. The van der Waals surface area contributed by atoms with E-state index in [1.54, 1.807) is 0 Å². The predicted octanol–water partition coefficient (Wildman–Crippen LogP) is 6.71. The molecule has 0 saturated carbocycles. The third-order valence-corrected chi connectivity index (χ3v) is 12.5. The number of anilines is 3. The van der Waals surface area contributed by atoms with E-state index in [0.29, 0.717) is 0 Å². The molecule has 0 radical (unpaired) electrons. The molecule has 3 heteroatoms. The van der Waals surface area contributed by atoms with E-state index >= 15 is 0 Å². The van der Waals surface area contributed by atoms with Gasteiger partial charge in [0.15, 0.2) is 0 Å². The van der Waals surface area contributed by atoms with Crippen LogP contribution in [0.15, 0.2) is 121 Å². The molecule has 0 aliphatic carbocycles. The predicted molar refractivity (Wildman–Crippen MR) is 207 cm³/mol. The molecule has 0 unspecified atom stereocenters. The van der Waals surface area contributed by atoms with Gasteiger partial charge in [-0.3, -0.25) is 0 Å². The van der Waals surface area contributed by atoms with Crippen molar-refractivity contribution >= 4 is 84.8 Å². The lowest BCUT2D eigenvalue weighted by molar-refractivity contribution is 0.651. The Hall–Kier alpha value is -5.01. The van der Waals surface area contributed by atoms with Crippen LogP contribution in [0.2, 0.25) is 0 Å². The molecule has 4 aliphatic heterocycles. The summed E-state index contributed by atoms with van der Waals surface area (Å²) in [6.07, 6.45) is 0. The van der Waals surface area contributed by atoms with Crippen molar-refractivity contribution in [1.29, 1.82) is 0 Å². The van der Waals surface area contributed by atoms with Gasteiger partial charge < -0.3 is 4.90 Å². The molecule has 4 aliphatic rings. The molecule has 0 aromatic heterocycles. The van der Waals surface area contributed by atoms with Crippen LogP contribution in [0.4, 0.5) is 17.1 Å². The first-order chi connectivity index (χ1) is 23.3. The van der Waals surface area contributed by atoms with Gasteiger partial charge in [0.2, 0.25) is 13.4 Å². The van der Waals surface area contributed by atoms with E-state index in [2.05, 4.69) is 161 Å². The highest BCUT2D eigenvalue weighted by Crippen LogP contribution is 2.49. The van der Waals surface area contributed by atoms with Gasteiger partial charge in [0.25, 0.3) is 0 Å². The maximum absolute atomic E-state index is 2.71. The zero-order chi connectivity index (χ0) is 32.3. The zero-order valence-electron chi connectivity index (χ0n) is 28.1. The van der Waals surface area contributed by atoms with Crippen molar-refractivity contribution in [3.63, 3.8) is 0 Å². The number of rotatable bonds is 0. The van der Waals surface area contributed by atoms with Crippen LogP contribution in [0.3, 0.4) is 0 Å². The van der Waals surface area contributed by atoms with Crippen LogP contribution in [0, 0.1) is 6.92 Å². The first-order valence-corrected chi connectivity index (χ1v) is 17.5. The molecule has 0 bridgehead atoms. The van der Waals surface area contributed by atoms with E-state index < -0.39 is 0 Å². The van der Waals surface area contributed by atoms with E-state index in [4.69, 9.17) is 0 Å². The summed E-state index contributed by atoms with van der Waals surface area (Å²) in [5.74, 6) is 0. The van der Waals surface area contributed by atoms with E-state index in [1.807, 2.05) is 0 Å². The van der Waals surface area contributed by atoms with Crippen LogP contribution in [0.5, 0.6) is 0 Å². The maximum Gasteiger partial charge on any atom is 0.247 e. The van der Waals surface area contributed by atoms with Crippen LogP contribution in [-0.4, -0.2) is 13.4 Å². The molecule has 7 aromatic carbocycles. The minimum Gasteiger partial charge on any atom is -0.312 e. The van der Waals surface area contributed by atoms with Gasteiger partial charge in [0.05, 0.1) is 0 Å². The van der Waals surface area contributed by atoms with Crippen LogP contribution in [0.25, 0.3) is 21.5 Å². The molecule has 48 heavy (non-hydrogen) atoms. The second-order valence-electron chi connectivity index (χ2n) is 15.7. The Labute approximate surface area is 283 Å². The minimum atomic E-state index is -0.149. The van der Waals surface area contributed by atoms with Crippen molar-refractivity contribution in [1.82, 2.24) is 0 Å². The van der Waals surface area contributed by atoms with Crippen molar-refractivity contribution < 1.29 is 0 Å². The number of hydrogen-bond acceptors (Lipinski definition) is 1. The van der Waals surface area contributed by atoms with Crippen molar-refractivity contribution in [3.05, 3.63) is 149 Å². The summed E-state index contributed by atoms with van der Waals surface area (Å²) in [6, 6.07) is 46.9. The molecule has 7 aromatic rings. The molecule has 0 atom stereocenters. The molecular weight excluding hydrogens is 576 g/mol. The molecule has 0 fully saturated rings.